The van der Waals surface area contributed by atoms with Gasteiger partial charge in [0, 0.05) is 31.5 Å². The van der Waals surface area contributed by atoms with Crippen molar-refractivity contribution in [3.63, 3.8) is 0 Å². The maximum Gasteiger partial charge on any atom is 0.251 e. The number of hydrogen-bond donors (Lipinski definition) is 1. The number of carbonyl (C=O) groups excluding carboxylic acids is 1. The van der Waals surface area contributed by atoms with Crippen LogP contribution in [0, 0.1) is 6.92 Å². The minimum absolute atomic E-state index is 0.267. The van der Waals surface area contributed by atoms with Gasteiger partial charge in [0.25, 0.3) is 5.91 Å². The smallest absolute Gasteiger partial charge is 0.251 e. The molecular weight excluding hydrogens is 314 g/mol. The predicted molar refractivity (Wildman–Crippen MR) is 89.8 cm³/mol. The molecule has 6 nitrogen and oxygen atoms in total. The molecule has 0 bridgehead atoms. The second-order valence-corrected chi connectivity index (χ2v) is 7.29. The number of aromatic nitrogens is 1. The van der Waals surface area contributed by atoms with Gasteiger partial charge in [-0.1, -0.05) is 12.1 Å². The summed E-state index contributed by atoms with van der Waals surface area (Å²) in [6, 6.07) is 8.65. The first-order chi connectivity index (χ1) is 10.8. The zero-order valence-electron chi connectivity index (χ0n) is 13.3. The van der Waals surface area contributed by atoms with Gasteiger partial charge in [-0.3, -0.25) is 14.1 Å². The number of pyridine rings is 1. The van der Waals surface area contributed by atoms with Crippen molar-refractivity contribution in [1.82, 2.24) is 10.3 Å². The largest absolute Gasteiger partial charge is 0.348 e. The van der Waals surface area contributed by atoms with Crippen LogP contribution in [0.25, 0.3) is 0 Å². The lowest BCUT2D eigenvalue weighted by atomic mass is 10.1. The lowest BCUT2D eigenvalue weighted by Gasteiger charge is -2.19. The lowest BCUT2D eigenvalue weighted by molar-refractivity contribution is 0.0951. The van der Waals surface area contributed by atoms with Crippen LogP contribution in [0.4, 0.5) is 5.69 Å². The molecule has 0 aliphatic heterocycles. The molecule has 1 heterocycles. The molecule has 0 radical (unpaired) electrons. The Morgan fingerprint density at radius 1 is 1.30 bits per heavy atom. The molecule has 1 N–H and O–H groups in total. The Balaban J connectivity index is 2.18. The minimum atomic E-state index is -3.38. The fourth-order valence-corrected chi connectivity index (χ4v) is 2.61. The van der Waals surface area contributed by atoms with Crippen molar-refractivity contribution in [3.05, 3.63) is 59.4 Å². The Labute approximate surface area is 136 Å². The summed E-state index contributed by atoms with van der Waals surface area (Å²) in [6.07, 6.45) is 4.47. The molecule has 2 rings (SSSR count). The molecule has 7 heteroatoms. The van der Waals surface area contributed by atoms with Gasteiger partial charge in [0.05, 0.1) is 11.9 Å². The Morgan fingerprint density at radius 2 is 2.04 bits per heavy atom. The summed E-state index contributed by atoms with van der Waals surface area (Å²) in [5, 5.41) is 2.79. The number of carbonyl (C=O) groups is 1. The Bertz CT molecular complexity index is 805. The summed E-state index contributed by atoms with van der Waals surface area (Å²) in [5.74, 6) is -0.267. The lowest BCUT2D eigenvalue weighted by Crippen LogP contribution is -2.27. The summed E-state index contributed by atoms with van der Waals surface area (Å²) >= 11 is 0. The number of anilines is 1. The molecule has 0 fully saturated rings. The van der Waals surface area contributed by atoms with Crippen LogP contribution in [0.2, 0.25) is 0 Å². The molecule has 0 aliphatic carbocycles. The average Bonchev–Trinajstić information content (AvgIpc) is 2.52. The molecule has 1 amide bonds. The molecule has 0 saturated heterocycles. The van der Waals surface area contributed by atoms with Crippen molar-refractivity contribution < 1.29 is 13.2 Å². The number of amides is 1. The fraction of sp³-hybridized carbons (Fsp3) is 0.250. The van der Waals surface area contributed by atoms with Crippen molar-refractivity contribution in [2.75, 3.05) is 17.6 Å². The maximum absolute atomic E-state index is 12.3. The van der Waals surface area contributed by atoms with Crippen molar-refractivity contribution in [2.24, 2.45) is 0 Å². The monoisotopic (exact) mass is 333 g/mol. The second kappa shape index (κ2) is 6.78. The zero-order chi connectivity index (χ0) is 17.0. The Kier molecular flexibility index (Phi) is 5.00. The number of aryl methyl sites for hydroxylation is 1. The molecule has 0 aliphatic rings. The quantitative estimate of drug-likeness (QED) is 0.903. The van der Waals surface area contributed by atoms with Crippen LogP contribution in [-0.2, 0) is 16.6 Å². The van der Waals surface area contributed by atoms with Gasteiger partial charge in [-0.25, -0.2) is 8.42 Å². The third kappa shape index (κ3) is 4.29. The molecule has 0 saturated carbocycles. The van der Waals surface area contributed by atoms with Crippen molar-refractivity contribution in [3.8, 4) is 0 Å². The summed E-state index contributed by atoms with van der Waals surface area (Å²) in [6.45, 7) is 2.16. The van der Waals surface area contributed by atoms with Crippen LogP contribution < -0.4 is 9.62 Å². The van der Waals surface area contributed by atoms with E-state index in [4.69, 9.17) is 0 Å². The van der Waals surface area contributed by atoms with Crippen LogP contribution in [0.15, 0.2) is 42.7 Å². The van der Waals surface area contributed by atoms with Gasteiger partial charge in [0.15, 0.2) is 0 Å². The molecule has 1 aromatic heterocycles. The van der Waals surface area contributed by atoms with Gasteiger partial charge >= 0.3 is 0 Å². The van der Waals surface area contributed by atoms with E-state index in [1.807, 2.05) is 6.07 Å². The topological polar surface area (TPSA) is 79.4 Å². The van der Waals surface area contributed by atoms with E-state index >= 15 is 0 Å². The van der Waals surface area contributed by atoms with E-state index in [1.165, 1.54) is 11.4 Å². The average molecular weight is 333 g/mol. The van der Waals surface area contributed by atoms with Crippen LogP contribution in [0.3, 0.4) is 0 Å². The molecule has 0 atom stereocenters. The van der Waals surface area contributed by atoms with E-state index < -0.39 is 10.0 Å². The summed E-state index contributed by atoms with van der Waals surface area (Å²) < 4.78 is 24.6. The normalized spacial score (nSPS) is 11.1. The van der Waals surface area contributed by atoms with Crippen LogP contribution in [-0.4, -0.2) is 32.6 Å². The van der Waals surface area contributed by atoms with Gasteiger partial charge < -0.3 is 5.32 Å². The number of nitrogens with zero attached hydrogens (tertiary/aromatic N) is 2. The highest BCUT2D eigenvalue weighted by atomic mass is 32.2. The van der Waals surface area contributed by atoms with E-state index in [9.17, 15) is 13.2 Å². The van der Waals surface area contributed by atoms with Gasteiger partial charge in [-0.2, -0.15) is 0 Å². The fourth-order valence-electron chi connectivity index (χ4n) is 2.06. The van der Waals surface area contributed by atoms with Gasteiger partial charge in [0.2, 0.25) is 10.0 Å². The van der Waals surface area contributed by atoms with E-state index in [0.29, 0.717) is 17.8 Å². The van der Waals surface area contributed by atoms with Crippen molar-refractivity contribution in [1.29, 1.82) is 0 Å². The highest BCUT2D eigenvalue weighted by Gasteiger charge is 2.16. The van der Waals surface area contributed by atoms with Gasteiger partial charge in [-0.05, 0) is 36.2 Å². The van der Waals surface area contributed by atoms with Crippen LogP contribution in [0.5, 0.6) is 0 Å². The molecule has 0 unspecified atom stereocenters. The first-order valence-electron chi connectivity index (χ1n) is 7.00. The van der Waals surface area contributed by atoms with E-state index in [-0.39, 0.29) is 5.91 Å². The minimum Gasteiger partial charge on any atom is -0.348 e. The second-order valence-electron chi connectivity index (χ2n) is 5.28. The van der Waals surface area contributed by atoms with Gasteiger partial charge in [0.1, 0.15) is 0 Å². The van der Waals surface area contributed by atoms with Gasteiger partial charge in [-0.15, -0.1) is 0 Å². The first kappa shape index (κ1) is 17.0. The highest BCUT2D eigenvalue weighted by Crippen LogP contribution is 2.22. The third-order valence-electron chi connectivity index (χ3n) is 3.48. The molecule has 23 heavy (non-hydrogen) atoms. The summed E-state index contributed by atoms with van der Waals surface area (Å²) in [4.78, 5) is 16.2. The molecular formula is C16H19N3O3S. The number of sulfonamides is 1. The number of nitrogens with one attached hydrogen (secondary N) is 1. The standard InChI is InChI=1S/C16H19N3O3S/c1-12-6-7-14(9-15(12)19(2)23(3,21)22)16(20)18-11-13-5-4-8-17-10-13/h4-10H,11H2,1-3H3,(H,18,20). The Morgan fingerprint density at radius 3 is 2.65 bits per heavy atom. The number of benzene rings is 1. The third-order valence-corrected chi connectivity index (χ3v) is 4.68. The maximum atomic E-state index is 12.3. The highest BCUT2D eigenvalue weighted by molar-refractivity contribution is 7.92. The first-order valence-corrected chi connectivity index (χ1v) is 8.85. The van der Waals surface area contributed by atoms with E-state index in [2.05, 4.69) is 10.3 Å². The van der Waals surface area contributed by atoms with E-state index in [1.54, 1.807) is 43.6 Å². The zero-order valence-corrected chi connectivity index (χ0v) is 14.1. The number of rotatable bonds is 5. The molecule has 0 spiro atoms. The van der Waals surface area contributed by atoms with Crippen LogP contribution >= 0.6 is 0 Å². The van der Waals surface area contributed by atoms with Crippen molar-refractivity contribution in [2.45, 2.75) is 13.5 Å². The SMILES string of the molecule is Cc1ccc(C(=O)NCc2cccnc2)cc1N(C)S(C)(=O)=O. The summed E-state index contributed by atoms with van der Waals surface area (Å²) in [5.41, 5.74) is 2.56. The molecule has 1 aromatic carbocycles. The molecule has 122 valence electrons. The summed E-state index contributed by atoms with van der Waals surface area (Å²) in [7, 11) is -1.92. The van der Waals surface area contributed by atoms with E-state index in [0.717, 1.165) is 17.4 Å². The molecule has 2 aromatic rings. The number of hydrogen-bond acceptors (Lipinski definition) is 4. The predicted octanol–water partition coefficient (Wildman–Crippen LogP) is 1.72. The van der Waals surface area contributed by atoms with Crippen molar-refractivity contribution >= 4 is 21.6 Å². The van der Waals surface area contributed by atoms with Crippen LogP contribution in [0.1, 0.15) is 21.5 Å². The Hall–Kier alpha value is -2.41.